The molecule has 3 aromatic carbocycles. The number of carbonyl (C=O) groups excluding carboxylic acids is 2. The molecule has 7 nitrogen and oxygen atoms in total. The SMILES string of the molecule is Cc1cc(OC(=O)[C@H](Cc2ccccc2)NC(=O)OCc2ccccc2)c2c3c(c(=O)oc2c1)CCCC3. The van der Waals surface area contributed by atoms with E-state index in [-0.39, 0.29) is 18.7 Å². The molecule has 0 radical (unpaired) electrons. The monoisotopic (exact) mass is 511 g/mol. The quantitative estimate of drug-likeness (QED) is 0.202. The molecule has 1 aliphatic rings. The number of hydrogen-bond acceptors (Lipinski definition) is 6. The third-order valence-corrected chi connectivity index (χ3v) is 6.71. The zero-order chi connectivity index (χ0) is 26.5. The van der Waals surface area contributed by atoms with Gasteiger partial charge in [-0.3, -0.25) is 0 Å². The van der Waals surface area contributed by atoms with Crippen molar-refractivity contribution in [2.24, 2.45) is 0 Å². The number of benzene rings is 3. The second kappa shape index (κ2) is 11.3. The molecule has 1 aliphatic carbocycles. The Balaban J connectivity index is 1.42. The first-order valence-electron chi connectivity index (χ1n) is 12.8. The number of rotatable bonds is 7. The lowest BCUT2D eigenvalue weighted by molar-refractivity contribution is -0.136. The van der Waals surface area contributed by atoms with Gasteiger partial charge in [-0.2, -0.15) is 0 Å². The van der Waals surface area contributed by atoms with Gasteiger partial charge in [0.05, 0.1) is 5.39 Å². The number of hydrogen-bond donors (Lipinski definition) is 1. The van der Waals surface area contributed by atoms with Crippen LogP contribution in [0, 0.1) is 6.92 Å². The van der Waals surface area contributed by atoms with Crippen LogP contribution in [0.25, 0.3) is 11.0 Å². The molecular formula is C31H29NO6. The maximum absolute atomic E-state index is 13.5. The Morgan fingerprint density at radius 3 is 2.29 bits per heavy atom. The summed E-state index contributed by atoms with van der Waals surface area (Å²) in [5.41, 5.74) is 4.06. The highest BCUT2D eigenvalue weighted by molar-refractivity contribution is 5.92. The van der Waals surface area contributed by atoms with Crippen molar-refractivity contribution >= 4 is 23.0 Å². The summed E-state index contributed by atoms with van der Waals surface area (Å²) in [6.45, 7) is 1.92. The number of esters is 1. The number of fused-ring (bicyclic) bond motifs is 3. The summed E-state index contributed by atoms with van der Waals surface area (Å²) in [7, 11) is 0. The summed E-state index contributed by atoms with van der Waals surface area (Å²) in [6.07, 6.45) is 2.71. The molecule has 7 heteroatoms. The first-order valence-corrected chi connectivity index (χ1v) is 12.8. The molecule has 1 atom stereocenters. The van der Waals surface area contributed by atoms with Gasteiger partial charge in [-0.25, -0.2) is 14.4 Å². The van der Waals surface area contributed by atoms with E-state index in [1.807, 2.05) is 67.6 Å². The van der Waals surface area contributed by atoms with Crippen molar-refractivity contribution in [2.75, 3.05) is 0 Å². The first kappa shape index (κ1) is 25.3. The lowest BCUT2D eigenvalue weighted by Gasteiger charge is -2.21. The molecule has 0 spiro atoms. The minimum atomic E-state index is -0.997. The Morgan fingerprint density at radius 2 is 1.58 bits per heavy atom. The van der Waals surface area contributed by atoms with Gasteiger partial charge in [-0.1, -0.05) is 60.7 Å². The summed E-state index contributed by atoms with van der Waals surface area (Å²) >= 11 is 0. The molecule has 5 rings (SSSR count). The molecule has 0 aliphatic heterocycles. The van der Waals surface area contributed by atoms with E-state index >= 15 is 0 Å². The Kier molecular flexibility index (Phi) is 7.54. The van der Waals surface area contributed by atoms with Crippen LogP contribution in [0.1, 0.15) is 40.7 Å². The highest BCUT2D eigenvalue weighted by Crippen LogP contribution is 2.34. The fraction of sp³-hybridized carbons (Fsp3) is 0.258. The fourth-order valence-corrected chi connectivity index (χ4v) is 4.88. The second-order valence-electron chi connectivity index (χ2n) is 9.56. The smallest absolute Gasteiger partial charge is 0.408 e. The van der Waals surface area contributed by atoms with Gasteiger partial charge in [0.15, 0.2) is 0 Å². The number of carbonyl (C=O) groups is 2. The number of amides is 1. The van der Waals surface area contributed by atoms with E-state index in [9.17, 15) is 14.4 Å². The van der Waals surface area contributed by atoms with Gasteiger partial charge >= 0.3 is 17.7 Å². The Bertz CT molecular complexity index is 1510. The molecule has 0 saturated heterocycles. The van der Waals surface area contributed by atoms with Crippen molar-refractivity contribution in [3.05, 3.63) is 111 Å². The largest absolute Gasteiger partial charge is 0.445 e. The predicted molar refractivity (Wildman–Crippen MR) is 143 cm³/mol. The van der Waals surface area contributed by atoms with Gasteiger partial charge in [0, 0.05) is 12.0 Å². The normalized spacial score (nSPS) is 13.4. The van der Waals surface area contributed by atoms with Crippen molar-refractivity contribution in [1.82, 2.24) is 5.32 Å². The lowest BCUT2D eigenvalue weighted by Crippen LogP contribution is -2.44. The fourth-order valence-electron chi connectivity index (χ4n) is 4.88. The van der Waals surface area contributed by atoms with Crippen molar-refractivity contribution in [3.63, 3.8) is 0 Å². The van der Waals surface area contributed by atoms with E-state index in [0.717, 1.165) is 35.1 Å². The number of ether oxygens (including phenoxy) is 2. The zero-order valence-electron chi connectivity index (χ0n) is 21.2. The van der Waals surface area contributed by atoms with Crippen LogP contribution in [-0.2, 0) is 35.4 Å². The van der Waals surface area contributed by atoms with E-state index in [1.165, 1.54) is 0 Å². The maximum Gasteiger partial charge on any atom is 0.408 e. The van der Waals surface area contributed by atoms with E-state index in [2.05, 4.69) is 5.32 Å². The third kappa shape index (κ3) is 5.78. The highest BCUT2D eigenvalue weighted by atomic mass is 16.6. The Morgan fingerprint density at radius 1 is 0.921 bits per heavy atom. The zero-order valence-corrected chi connectivity index (χ0v) is 21.2. The molecule has 1 heterocycles. The van der Waals surface area contributed by atoms with Crippen LogP contribution in [-0.4, -0.2) is 18.1 Å². The summed E-state index contributed by atoms with van der Waals surface area (Å²) < 4.78 is 16.9. The van der Waals surface area contributed by atoms with Gasteiger partial charge in [0.25, 0.3) is 0 Å². The van der Waals surface area contributed by atoms with Crippen LogP contribution < -0.4 is 15.7 Å². The minimum Gasteiger partial charge on any atom is -0.445 e. The van der Waals surface area contributed by atoms with Crippen LogP contribution in [0.2, 0.25) is 0 Å². The van der Waals surface area contributed by atoms with Gasteiger partial charge in [0.1, 0.15) is 24.0 Å². The average molecular weight is 512 g/mol. The number of alkyl carbamates (subject to hydrolysis) is 1. The summed E-state index contributed by atoms with van der Waals surface area (Å²) in [5.74, 6) is -0.308. The predicted octanol–water partition coefficient (Wildman–Crippen LogP) is 5.42. The highest BCUT2D eigenvalue weighted by Gasteiger charge is 2.27. The number of aryl methyl sites for hydroxylation is 2. The molecule has 0 saturated carbocycles. The molecule has 1 aromatic heterocycles. The van der Waals surface area contributed by atoms with Crippen LogP contribution in [0.5, 0.6) is 5.75 Å². The van der Waals surface area contributed by atoms with Gasteiger partial charge in [-0.05, 0) is 67.0 Å². The van der Waals surface area contributed by atoms with Crippen LogP contribution in [0.4, 0.5) is 4.79 Å². The van der Waals surface area contributed by atoms with Crippen molar-refractivity contribution in [2.45, 2.75) is 51.7 Å². The second-order valence-corrected chi connectivity index (χ2v) is 9.56. The first-order chi connectivity index (χ1) is 18.5. The molecule has 1 N–H and O–H groups in total. The molecular weight excluding hydrogens is 482 g/mol. The van der Waals surface area contributed by atoms with Crippen molar-refractivity contribution in [3.8, 4) is 5.75 Å². The topological polar surface area (TPSA) is 94.8 Å². The van der Waals surface area contributed by atoms with Crippen LogP contribution >= 0.6 is 0 Å². The van der Waals surface area contributed by atoms with E-state index in [4.69, 9.17) is 13.9 Å². The van der Waals surface area contributed by atoms with E-state index in [1.54, 1.807) is 12.1 Å². The Hall–Kier alpha value is -4.39. The average Bonchev–Trinajstić information content (AvgIpc) is 2.92. The van der Waals surface area contributed by atoms with Gasteiger partial charge in [0.2, 0.25) is 0 Å². The summed E-state index contributed by atoms with van der Waals surface area (Å²) in [4.78, 5) is 38.8. The molecule has 0 unspecified atom stereocenters. The van der Waals surface area contributed by atoms with Gasteiger partial charge < -0.3 is 19.2 Å². The molecule has 4 aromatic rings. The minimum absolute atomic E-state index is 0.0769. The van der Waals surface area contributed by atoms with E-state index in [0.29, 0.717) is 35.1 Å². The Labute approximate surface area is 220 Å². The molecule has 38 heavy (non-hydrogen) atoms. The molecule has 0 fully saturated rings. The van der Waals surface area contributed by atoms with Crippen LogP contribution in [0.15, 0.2) is 82.0 Å². The van der Waals surface area contributed by atoms with Crippen molar-refractivity contribution < 1.29 is 23.5 Å². The van der Waals surface area contributed by atoms with Crippen LogP contribution in [0.3, 0.4) is 0 Å². The lowest BCUT2D eigenvalue weighted by atomic mass is 9.90. The third-order valence-electron chi connectivity index (χ3n) is 6.71. The van der Waals surface area contributed by atoms with E-state index < -0.39 is 18.1 Å². The number of nitrogens with one attached hydrogen (secondary N) is 1. The maximum atomic E-state index is 13.5. The van der Waals surface area contributed by atoms with Gasteiger partial charge in [-0.15, -0.1) is 0 Å². The molecule has 0 bridgehead atoms. The molecule has 1 amide bonds. The summed E-state index contributed by atoms with van der Waals surface area (Å²) in [5, 5.41) is 3.32. The molecule has 194 valence electrons. The van der Waals surface area contributed by atoms with Crippen molar-refractivity contribution in [1.29, 1.82) is 0 Å². The summed E-state index contributed by atoms with van der Waals surface area (Å²) in [6, 6.07) is 21.2. The standard InChI is InChI=1S/C31H29NO6/c1-20-16-26-28(23-14-8-9-15-24(23)29(33)37-26)27(17-20)38-30(34)25(18-21-10-4-2-5-11-21)32-31(35)36-19-22-12-6-3-7-13-22/h2-7,10-13,16-17,25H,8-9,14-15,18-19H2,1H3,(H,32,35)/t25-/m0/s1.